The molecule has 1 aliphatic rings. The topological polar surface area (TPSA) is 179 Å². The van der Waals surface area contributed by atoms with Gasteiger partial charge in [-0.15, -0.1) is 0 Å². The lowest BCUT2D eigenvalue weighted by molar-refractivity contribution is -0.141. The first-order valence-corrected chi connectivity index (χ1v) is 12.0. The molecule has 0 radical (unpaired) electrons. The van der Waals surface area contributed by atoms with Gasteiger partial charge in [-0.3, -0.25) is 19.2 Å². The molecule has 0 aliphatic heterocycles. The number of aliphatic carboxylic acids is 1. The second-order valence-electron chi connectivity index (χ2n) is 7.75. The van der Waals surface area contributed by atoms with Crippen LogP contribution in [0.3, 0.4) is 0 Å². The molecule has 1 unspecified atom stereocenters. The highest BCUT2D eigenvalue weighted by molar-refractivity contribution is 7.65. The van der Waals surface area contributed by atoms with Crippen molar-refractivity contribution in [3.63, 3.8) is 0 Å². The summed E-state index contributed by atoms with van der Waals surface area (Å²) in [7, 11) is -3.31. The van der Waals surface area contributed by atoms with Crippen LogP contribution in [0.15, 0.2) is 0 Å². The Morgan fingerprint density at radius 2 is 1.76 bits per heavy atom. The van der Waals surface area contributed by atoms with Crippen LogP contribution >= 0.6 is 7.72 Å². The lowest BCUT2D eigenvalue weighted by Crippen LogP contribution is -2.47. The highest BCUT2D eigenvalue weighted by atomic mass is 31.2. The molecule has 1 aliphatic carbocycles. The summed E-state index contributed by atoms with van der Waals surface area (Å²) in [5, 5.41) is 13.3. The van der Waals surface area contributed by atoms with E-state index in [-0.39, 0.29) is 37.6 Å². The lowest BCUT2D eigenvalue weighted by Gasteiger charge is -2.23. The van der Waals surface area contributed by atoms with E-state index in [9.17, 15) is 29.0 Å². The van der Waals surface area contributed by atoms with Crippen molar-refractivity contribution in [1.29, 1.82) is 0 Å². The molecule has 1 saturated carbocycles. The van der Waals surface area contributed by atoms with Crippen LogP contribution in [0, 0.1) is 5.92 Å². The van der Waals surface area contributed by atoms with Gasteiger partial charge in [-0.2, -0.15) is 0 Å². The summed E-state index contributed by atoms with van der Waals surface area (Å²) in [5.74, 6) is -2.59. The first-order valence-electron chi connectivity index (χ1n) is 9.90. The fourth-order valence-corrected chi connectivity index (χ4v) is 5.27. The van der Waals surface area contributed by atoms with Crippen LogP contribution in [0.5, 0.6) is 0 Å². The van der Waals surface area contributed by atoms with Crippen molar-refractivity contribution in [2.24, 2.45) is 11.7 Å². The van der Waals surface area contributed by atoms with Gasteiger partial charge in [0, 0.05) is 6.42 Å². The third-order valence-corrected chi connectivity index (χ3v) is 6.90. The van der Waals surface area contributed by atoms with E-state index in [1.165, 1.54) is 6.92 Å². The number of rotatable bonds is 12. The van der Waals surface area contributed by atoms with E-state index in [0.29, 0.717) is 0 Å². The second-order valence-corrected chi connectivity index (χ2v) is 10.2. The normalized spacial score (nSPS) is 17.2. The van der Waals surface area contributed by atoms with Crippen molar-refractivity contribution < 1.29 is 34.1 Å². The molecular formula is C18H33N3O7P+. The molecule has 0 aromatic rings. The number of carboxylic acid groups (broad SMARTS) is 1. The van der Waals surface area contributed by atoms with E-state index in [2.05, 4.69) is 10.6 Å². The smallest absolute Gasteiger partial charge is 0.325 e. The molecule has 0 heterocycles. The Hall–Kier alpha value is -1.61. The highest BCUT2D eigenvalue weighted by Crippen LogP contribution is 2.52. The molecule has 0 bridgehead atoms. The number of carboxylic acids is 1. The molecular weight excluding hydrogens is 401 g/mol. The molecule has 0 aromatic heterocycles. The number of nitrogens with one attached hydrogen (secondary N) is 2. The van der Waals surface area contributed by atoms with E-state index in [4.69, 9.17) is 10.8 Å². The van der Waals surface area contributed by atoms with Gasteiger partial charge in [-0.1, -0.05) is 19.3 Å². The molecule has 0 saturated heterocycles. The lowest BCUT2D eigenvalue weighted by atomic mass is 9.91. The van der Waals surface area contributed by atoms with Crippen LogP contribution < -0.4 is 16.4 Å². The van der Waals surface area contributed by atoms with Gasteiger partial charge in [0.15, 0.2) is 11.9 Å². The minimum Gasteiger partial charge on any atom is -0.480 e. The summed E-state index contributed by atoms with van der Waals surface area (Å²) in [6.07, 6.45) is 4.98. The van der Waals surface area contributed by atoms with Crippen molar-refractivity contribution in [2.45, 2.75) is 64.0 Å². The monoisotopic (exact) mass is 434 g/mol. The maximum absolute atomic E-state index is 12.0. The minimum atomic E-state index is -3.31. The number of hydrogen-bond acceptors (Lipinski definition) is 7. The molecule has 1 rings (SSSR count). The Morgan fingerprint density at radius 3 is 2.34 bits per heavy atom. The van der Waals surface area contributed by atoms with Gasteiger partial charge in [0.2, 0.25) is 11.8 Å². The van der Waals surface area contributed by atoms with E-state index < -0.39 is 43.4 Å². The average molecular weight is 434 g/mol. The standard InChI is InChI=1S/C18H32N3O7P/c1-12(18(25)26)21-17(24)15(19)7-8-16(23)20-9-14(22)11-29(27,28)10-13-5-3-2-4-6-13/h12-13,15,27-28H,2-11,19H2,1H3,(H2-,20,21,23,24,25,26)/p+1/t12?,15-/m1/s1. The zero-order chi connectivity index (χ0) is 22.0. The van der Waals surface area contributed by atoms with Crippen LogP contribution in [-0.4, -0.2) is 69.4 Å². The van der Waals surface area contributed by atoms with Gasteiger partial charge in [-0.05, 0) is 32.1 Å². The average Bonchev–Trinajstić information content (AvgIpc) is 2.64. The van der Waals surface area contributed by atoms with Gasteiger partial charge in [0.05, 0.1) is 12.6 Å². The van der Waals surface area contributed by atoms with Crippen LogP contribution in [0.25, 0.3) is 0 Å². The zero-order valence-corrected chi connectivity index (χ0v) is 17.7. The predicted octanol–water partition coefficient (Wildman–Crippen LogP) is -0.219. The molecule has 0 aromatic carbocycles. The number of carbonyl (C=O) groups excluding carboxylic acids is 3. The van der Waals surface area contributed by atoms with Gasteiger partial charge >= 0.3 is 5.97 Å². The maximum Gasteiger partial charge on any atom is 0.325 e. The first kappa shape index (κ1) is 25.4. The molecule has 2 amide bonds. The Morgan fingerprint density at radius 1 is 1.14 bits per heavy atom. The fraction of sp³-hybridized carbons (Fsp3) is 0.778. The summed E-state index contributed by atoms with van der Waals surface area (Å²) in [6.45, 7) is 0.981. The summed E-state index contributed by atoms with van der Waals surface area (Å²) in [5.41, 5.74) is 5.63. The Labute approximate surface area is 171 Å². The van der Waals surface area contributed by atoms with Gasteiger partial charge in [-0.25, -0.2) is 9.79 Å². The van der Waals surface area contributed by atoms with Crippen LogP contribution in [0.2, 0.25) is 0 Å². The Kier molecular flexibility index (Phi) is 10.7. The third kappa shape index (κ3) is 10.7. The summed E-state index contributed by atoms with van der Waals surface area (Å²) in [6, 6.07) is -2.14. The van der Waals surface area contributed by atoms with Crippen molar-refractivity contribution in [3.8, 4) is 0 Å². The van der Waals surface area contributed by atoms with Gasteiger partial charge in [0.1, 0.15) is 12.2 Å². The number of amides is 2. The minimum absolute atomic E-state index is 0.0170. The van der Waals surface area contributed by atoms with E-state index in [1.807, 2.05) is 0 Å². The van der Waals surface area contributed by atoms with Gasteiger partial charge < -0.3 is 21.5 Å². The summed E-state index contributed by atoms with van der Waals surface area (Å²) < 4.78 is 0. The molecule has 11 heteroatoms. The van der Waals surface area contributed by atoms with Crippen LogP contribution in [0.4, 0.5) is 0 Å². The summed E-state index contributed by atoms with van der Waals surface area (Å²) in [4.78, 5) is 66.6. The number of ketones is 1. The van der Waals surface area contributed by atoms with E-state index in [1.54, 1.807) is 0 Å². The van der Waals surface area contributed by atoms with Crippen LogP contribution in [-0.2, 0) is 19.2 Å². The highest BCUT2D eigenvalue weighted by Gasteiger charge is 2.39. The molecule has 10 nitrogen and oxygen atoms in total. The van der Waals surface area contributed by atoms with Crippen molar-refractivity contribution in [1.82, 2.24) is 10.6 Å². The zero-order valence-electron chi connectivity index (χ0n) is 16.8. The van der Waals surface area contributed by atoms with Gasteiger partial charge in [0.25, 0.3) is 7.72 Å². The molecule has 29 heavy (non-hydrogen) atoms. The largest absolute Gasteiger partial charge is 0.480 e. The van der Waals surface area contributed by atoms with Crippen molar-refractivity contribution >= 4 is 31.3 Å². The molecule has 0 spiro atoms. The Balaban J connectivity index is 2.28. The first-order chi connectivity index (χ1) is 13.5. The fourth-order valence-electron chi connectivity index (χ4n) is 3.27. The molecule has 7 N–H and O–H groups in total. The number of nitrogens with two attached hydrogens (primary N) is 1. The predicted molar refractivity (Wildman–Crippen MR) is 108 cm³/mol. The van der Waals surface area contributed by atoms with Crippen molar-refractivity contribution in [2.75, 3.05) is 18.9 Å². The quantitative estimate of drug-likeness (QED) is 0.228. The Bertz CT molecular complexity index is 594. The number of carbonyl (C=O) groups is 4. The number of hydrogen-bond donors (Lipinski definition) is 6. The third-order valence-electron chi connectivity index (χ3n) is 4.94. The van der Waals surface area contributed by atoms with E-state index in [0.717, 1.165) is 32.1 Å². The SMILES string of the molecule is CC(NC(=O)[C@H](N)CCC(=O)NCC(=O)C[P+](O)(O)CC1CCCCC1)C(=O)O. The van der Waals surface area contributed by atoms with Crippen molar-refractivity contribution in [3.05, 3.63) is 0 Å². The molecule has 166 valence electrons. The molecule has 2 atom stereocenters. The maximum atomic E-state index is 12.0. The summed E-state index contributed by atoms with van der Waals surface area (Å²) >= 11 is 0. The number of Topliss-reactive ketones (excluding diaryl/α,β-unsaturated/α-hetero) is 1. The second kappa shape index (κ2) is 12.2. The van der Waals surface area contributed by atoms with E-state index >= 15 is 0 Å². The van der Waals surface area contributed by atoms with Crippen LogP contribution in [0.1, 0.15) is 51.9 Å². The molecule has 1 fully saturated rings.